The highest BCUT2D eigenvalue weighted by Gasteiger charge is 2.04. The molecule has 1 heterocycles. The largest absolute Gasteiger partial charge is 0.496 e. The predicted molar refractivity (Wildman–Crippen MR) is 99.8 cm³/mol. The van der Waals surface area contributed by atoms with Crippen LogP contribution in [0.1, 0.15) is 12.0 Å². The molecule has 130 valence electrons. The van der Waals surface area contributed by atoms with Crippen LogP contribution in [0.25, 0.3) is 10.9 Å². The molecule has 0 fully saturated rings. The van der Waals surface area contributed by atoms with Crippen LogP contribution in [-0.2, 0) is 13.1 Å². The first kappa shape index (κ1) is 16.9. The number of aryl methyl sites for hydroxylation is 1. The van der Waals surface area contributed by atoms with E-state index in [0.717, 1.165) is 24.3 Å². The van der Waals surface area contributed by atoms with Gasteiger partial charge in [-0.05, 0) is 30.0 Å². The van der Waals surface area contributed by atoms with Crippen molar-refractivity contribution < 1.29 is 9.53 Å². The maximum atomic E-state index is 11.9. The average Bonchev–Trinajstić information content (AvgIpc) is 3.07. The smallest absolute Gasteiger partial charge is 0.315 e. The van der Waals surface area contributed by atoms with Crippen LogP contribution in [0.15, 0.2) is 60.8 Å². The zero-order valence-corrected chi connectivity index (χ0v) is 14.4. The van der Waals surface area contributed by atoms with E-state index in [4.69, 9.17) is 4.74 Å². The monoisotopic (exact) mass is 337 g/mol. The zero-order valence-electron chi connectivity index (χ0n) is 14.4. The van der Waals surface area contributed by atoms with Gasteiger partial charge in [0, 0.05) is 36.9 Å². The summed E-state index contributed by atoms with van der Waals surface area (Å²) in [4.78, 5) is 11.9. The van der Waals surface area contributed by atoms with E-state index in [0.29, 0.717) is 13.1 Å². The Bertz CT molecular complexity index is 842. The summed E-state index contributed by atoms with van der Waals surface area (Å²) < 4.78 is 7.49. The van der Waals surface area contributed by atoms with E-state index in [9.17, 15) is 4.79 Å². The van der Waals surface area contributed by atoms with Crippen molar-refractivity contribution in [3.05, 3.63) is 66.4 Å². The molecule has 2 amide bonds. The van der Waals surface area contributed by atoms with Crippen molar-refractivity contribution in [1.82, 2.24) is 15.2 Å². The molecule has 0 aliphatic heterocycles. The summed E-state index contributed by atoms with van der Waals surface area (Å²) in [6.45, 7) is 1.95. The zero-order chi connectivity index (χ0) is 17.5. The fourth-order valence-corrected chi connectivity index (χ4v) is 2.87. The standard InChI is InChI=1S/C20H23N3O2/c1-25-19-10-5-3-8-17(19)15-22-20(24)21-12-6-13-23-14-11-16-7-2-4-9-18(16)23/h2-5,7-11,14H,6,12-13,15H2,1H3,(H2,21,22,24). The molecule has 3 rings (SSSR count). The maximum Gasteiger partial charge on any atom is 0.315 e. The van der Waals surface area contributed by atoms with Crippen LogP contribution < -0.4 is 15.4 Å². The summed E-state index contributed by atoms with van der Waals surface area (Å²) in [7, 11) is 1.63. The number of hydrogen-bond acceptors (Lipinski definition) is 2. The fraction of sp³-hybridized carbons (Fsp3) is 0.250. The van der Waals surface area contributed by atoms with Crippen molar-refractivity contribution >= 4 is 16.9 Å². The minimum absolute atomic E-state index is 0.164. The molecule has 2 aromatic carbocycles. The Balaban J connectivity index is 1.41. The van der Waals surface area contributed by atoms with E-state index in [1.807, 2.05) is 36.4 Å². The third-order valence-electron chi connectivity index (χ3n) is 4.17. The van der Waals surface area contributed by atoms with Crippen molar-refractivity contribution in [2.75, 3.05) is 13.7 Å². The van der Waals surface area contributed by atoms with E-state index in [2.05, 4.69) is 39.6 Å². The fourth-order valence-electron chi connectivity index (χ4n) is 2.87. The van der Waals surface area contributed by atoms with Crippen LogP contribution in [0.4, 0.5) is 4.79 Å². The predicted octanol–water partition coefficient (Wildman–Crippen LogP) is 3.54. The van der Waals surface area contributed by atoms with E-state index in [1.54, 1.807) is 7.11 Å². The Hall–Kier alpha value is -2.95. The minimum Gasteiger partial charge on any atom is -0.496 e. The molecule has 0 aliphatic rings. The molecule has 0 saturated carbocycles. The number of carbonyl (C=O) groups is 1. The SMILES string of the molecule is COc1ccccc1CNC(=O)NCCCn1ccc2ccccc21. The first-order valence-electron chi connectivity index (χ1n) is 8.45. The van der Waals surface area contributed by atoms with Crippen LogP contribution in [0.3, 0.4) is 0 Å². The number of methoxy groups -OCH3 is 1. The molecular formula is C20H23N3O2. The molecule has 0 unspecified atom stereocenters. The number of benzene rings is 2. The lowest BCUT2D eigenvalue weighted by Crippen LogP contribution is -2.35. The molecule has 3 aromatic rings. The molecule has 0 saturated heterocycles. The second-order valence-corrected chi connectivity index (χ2v) is 5.84. The maximum absolute atomic E-state index is 11.9. The molecule has 0 atom stereocenters. The Labute approximate surface area is 147 Å². The molecule has 2 N–H and O–H groups in total. The average molecular weight is 337 g/mol. The molecule has 0 radical (unpaired) electrons. The number of hydrogen-bond donors (Lipinski definition) is 2. The normalized spacial score (nSPS) is 10.6. The molecule has 0 bridgehead atoms. The third kappa shape index (κ3) is 4.32. The number of amides is 2. The number of rotatable bonds is 7. The number of nitrogens with zero attached hydrogens (tertiary/aromatic N) is 1. The number of urea groups is 1. The summed E-state index contributed by atoms with van der Waals surface area (Å²) in [5, 5.41) is 7.00. The van der Waals surface area contributed by atoms with Gasteiger partial charge in [0.25, 0.3) is 0 Å². The highest BCUT2D eigenvalue weighted by molar-refractivity contribution is 5.79. The van der Waals surface area contributed by atoms with E-state index in [1.165, 1.54) is 10.9 Å². The van der Waals surface area contributed by atoms with Gasteiger partial charge in [-0.2, -0.15) is 0 Å². The van der Waals surface area contributed by atoms with Gasteiger partial charge in [0.15, 0.2) is 0 Å². The molecular weight excluding hydrogens is 314 g/mol. The second-order valence-electron chi connectivity index (χ2n) is 5.84. The van der Waals surface area contributed by atoms with Gasteiger partial charge in [-0.1, -0.05) is 36.4 Å². The number of ether oxygens (including phenoxy) is 1. The topological polar surface area (TPSA) is 55.3 Å². The number of aromatic nitrogens is 1. The van der Waals surface area contributed by atoms with Gasteiger partial charge >= 0.3 is 6.03 Å². The second kappa shape index (κ2) is 8.24. The van der Waals surface area contributed by atoms with Gasteiger partial charge < -0.3 is 19.9 Å². The number of carbonyl (C=O) groups excluding carboxylic acids is 1. The van der Waals surface area contributed by atoms with Crippen molar-refractivity contribution in [3.63, 3.8) is 0 Å². The lowest BCUT2D eigenvalue weighted by atomic mass is 10.2. The first-order chi connectivity index (χ1) is 12.3. The Morgan fingerprint density at radius 2 is 1.84 bits per heavy atom. The quantitative estimate of drug-likeness (QED) is 0.648. The van der Waals surface area contributed by atoms with Crippen molar-refractivity contribution in [2.24, 2.45) is 0 Å². The van der Waals surface area contributed by atoms with Gasteiger partial charge in [-0.3, -0.25) is 0 Å². The Kier molecular flexibility index (Phi) is 5.57. The van der Waals surface area contributed by atoms with Crippen LogP contribution >= 0.6 is 0 Å². The lowest BCUT2D eigenvalue weighted by Gasteiger charge is -2.11. The molecule has 0 aliphatic carbocycles. The Morgan fingerprint density at radius 3 is 2.72 bits per heavy atom. The number of nitrogens with one attached hydrogen (secondary N) is 2. The molecule has 1 aromatic heterocycles. The van der Waals surface area contributed by atoms with E-state index in [-0.39, 0.29) is 6.03 Å². The summed E-state index contributed by atoms with van der Waals surface area (Å²) in [5.74, 6) is 0.780. The van der Waals surface area contributed by atoms with Crippen molar-refractivity contribution in [3.8, 4) is 5.75 Å². The highest BCUT2D eigenvalue weighted by atomic mass is 16.5. The summed E-state index contributed by atoms with van der Waals surface area (Å²) >= 11 is 0. The summed E-state index contributed by atoms with van der Waals surface area (Å²) in [6.07, 6.45) is 2.97. The van der Waals surface area contributed by atoms with E-state index < -0.39 is 0 Å². The number of fused-ring (bicyclic) bond motifs is 1. The van der Waals surface area contributed by atoms with Gasteiger partial charge in [-0.25, -0.2) is 4.79 Å². The van der Waals surface area contributed by atoms with Gasteiger partial charge in [0.1, 0.15) is 5.75 Å². The number of para-hydroxylation sites is 2. The van der Waals surface area contributed by atoms with Crippen molar-refractivity contribution in [1.29, 1.82) is 0 Å². The molecule has 25 heavy (non-hydrogen) atoms. The van der Waals surface area contributed by atoms with Crippen LogP contribution in [0.5, 0.6) is 5.75 Å². The summed E-state index contributed by atoms with van der Waals surface area (Å²) in [5.41, 5.74) is 2.18. The van der Waals surface area contributed by atoms with E-state index >= 15 is 0 Å². The molecule has 5 heteroatoms. The van der Waals surface area contributed by atoms with Gasteiger partial charge in [0.2, 0.25) is 0 Å². The minimum atomic E-state index is -0.164. The molecule has 0 spiro atoms. The van der Waals surface area contributed by atoms with Crippen molar-refractivity contribution in [2.45, 2.75) is 19.5 Å². The lowest BCUT2D eigenvalue weighted by molar-refractivity contribution is 0.240. The van der Waals surface area contributed by atoms with Gasteiger partial charge in [-0.15, -0.1) is 0 Å². The molecule has 5 nitrogen and oxygen atoms in total. The first-order valence-corrected chi connectivity index (χ1v) is 8.45. The van der Waals surface area contributed by atoms with Crippen LogP contribution in [0.2, 0.25) is 0 Å². The third-order valence-corrected chi connectivity index (χ3v) is 4.17. The summed E-state index contributed by atoms with van der Waals surface area (Å²) in [6, 6.07) is 17.9. The Morgan fingerprint density at radius 1 is 1.04 bits per heavy atom. The van der Waals surface area contributed by atoms with Crippen LogP contribution in [-0.4, -0.2) is 24.3 Å². The van der Waals surface area contributed by atoms with Gasteiger partial charge in [0.05, 0.1) is 7.11 Å². The van der Waals surface area contributed by atoms with Crippen LogP contribution in [0, 0.1) is 0 Å². The highest BCUT2D eigenvalue weighted by Crippen LogP contribution is 2.17.